The molecular formula is C22H21N3O2. The molecule has 0 bridgehead atoms. The van der Waals surface area contributed by atoms with Crippen LogP contribution in [-0.4, -0.2) is 16.6 Å². The molecule has 5 rings (SSSR count). The van der Waals surface area contributed by atoms with Gasteiger partial charge in [-0.25, -0.2) is 4.79 Å². The Labute approximate surface area is 157 Å². The number of fused-ring (bicyclic) bond motifs is 2. The van der Waals surface area contributed by atoms with Crippen LogP contribution < -0.4 is 15.4 Å². The van der Waals surface area contributed by atoms with E-state index in [2.05, 4.69) is 15.6 Å². The Bertz CT molecular complexity index is 1010. The lowest BCUT2D eigenvalue weighted by Crippen LogP contribution is -2.50. The van der Waals surface area contributed by atoms with Crippen LogP contribution in [-0.2, 0) is 0 Å². The highest BCUT2D eigenvalue weighted by molar-refractivity contribution is 6.01. The molecule has 1 atom stereocenters. The van der Waals surface area contributed by atoms with E-state index in [4.69, 9.17) is 4.74 Å². The Kier molecular flexibility index (Phi) is 3.74. The fourth-order valence-corrected chi connectivity index (χ4v) is 4.17. The first-order valence-corrected chi connectivity index (χ1v) is 9.41. The fraction of sp³-hybridized carbons (Fsp3) is 0.273. The minimum absolute atomic E-state index is 0.0492. The number of carbonyl (C=O) groups excluding carboxylic acids is 1. The van der Waals surface area contributed by atoms with E-state index in [1.54, 1.807) is 12.4 Å². The fourth-order valence-electron chi connectivity index (χ4n) is 4.17. The van der Waals surface area contributed by atoms with Gasteiger partial charge in [-0.3, -0.25) is 4.98 Å². The number of carbonyl (C=O) groups is 1. The van der Waals surface area contributed by atoms with Gasteiger partial charge in [-0.2, -0.15) is 0 Å². The zero-order valence-electron chi connectivity index (χ0n) is 14.9. The van der Waals surface area contributed by atoms with Crippen molar-refractivity contribution < 1.29 is 9.53 Å². The Hall–Kier alpha value is -3.08. The highest BCUT2D eigenvalue weighted by Crippen LogP contribution is 2.48. The van der Waals surface area contributed by atoms with Gasteiger partial charge in [-0.15, -0.1) is 0 Å². The lowest BCUT2D eigenvalue weighted by molar-refractivity contribution is -0.0354. The molecule has 1 fully saturated rings. The van der Waals surface area contributed by atoms with E-state index >= 15 is 0 Å². The van der Waals surface area contributed by atoms with Crippen molar-refractivity contribution in [1.29, 1.82) is 0 Å². The largest absolute Gasteiger partial charge is 0.487 e. The summed E-state index contributed by atoms with van der Waals surface area (Å²) >= 11 is 0. The summed E-state index contributed by atoms with van der Waals surface area (Å²) in [5.74, 6) is 0.894. The van der Waals surface area contributed by atoms with Crippen molar-refractivity contribution in [2.24, 2.45) is 0 Å². The quantitative estimate of drug-likeness (QED) is 0.691. The number of amides is 2. The van der Waals surface area contributed by atoms with Crippen LogP contribution in [0.5, 0.6) is 5.75 Å². The molecule has 2 aliphatic rings. The predicted octanol–water partition coefficient (Wildman–Crippen LogP) is 4.80. The average molecular weight is 359 g/mol. The van der Waals surface area contributed by atoms with Crippen molar-refractivity contribution in [3.05, 3.63) is 66.5 Å². The minimum atomic E-state index is -0.199. The third-order valence-corrected chi connectivity index (χ3v) is 5.70. The van der Waals surface area contributed by atoms with E-state index in [1.807, 2.05) is 48.5 Å². The number of nitrogens with zero attached hydrogens (tertiary/aromatic N) is 1. The summed E-state index contributed by atoms with van der Waals surface area (Å²) in [6, 6.07) is 15.5. The predicted molar refractivity (Wildman–Crippen MR) is 105 cm³/mol. The summed E-state index contributed by atoms with van der Waals surface area (Å²) in [4.78, 5) is 16.9. The molecular weight excluding hydrogens is 338 g/mol. The van der Waals surface area contributed by atoms with E-state index in [0.717, 1.165) is 47.0 Å². The van der Waals surface area contributed by atoms with Crippen molar-refractivity contribution >= 4 is 22.5 Å². The minimum Gasteiger partial charge on any atom is -0.487 e. The van der Waals surface area contributed by atoms with Crippen molar-refractivity contribution in [3.8, 4) is 5.75 Å². The number of benzene rings is 2. The van der Waals surface area contributed by atoms with Gasteiger partial charge in [0.2, 0.25) is 0 Å². The number of urea groups is 1. The number of hydrogen-bond acceptors (Lipinski definition) is 3. The number of hydrogen-bond donors (Lipinski definition) is 2. The SMILES string of the molecule is O=C(Nc1cccc2cnccc12)NC1CC2(CCC2)Oc2ccccc21. The summed E-state index contributed by atoms with van der Waals surface area (Å²) in [6.45, 7) is 0. The average Bonchev–Trinajstić information content (AvgIpc) is 2.67. The molecule has 136 valence electrons. The van der Waals surface area contributed by atoms with Gasteiger partial charge < -0.3 is 15.4 Å². The first-order valence-electron chi connectivity index (χ1n) is 9.41. The zero-order chi connectivity index (χ0) is 18.3. The number of rotatable bonds is 2. The van der Waals surface area contributed by atoms with Crippen LogP contribution in [0.15, 0.2) is 60.9 Å². The molecule has 2 amide bonds. The Morgan fingerprint density at radius 3 is 2.85 bits per heavy atom. The second-order valence-electron chi connectivity index (χ2n) is 7.43. The summed E-state index contributed by atoms with van der Waals surface area (Å²) in [6.07, 6.45) is 7.64. The summed E-state index contributed by atoms with van der Waals surface area (Å²) in [7, 11) is 0. The molecule has 5 heteroatoms. The standard InChI is InChI=1S/C22H21N3O2/c26-21(24-18-7-3-5-15-14-23-12-9-16(15)18)25-19-13-22(10-4-11-22)27-20-8-2-1-6-17(19)20/h1-3,5-9,12,14,19H,4,10-11,13H2,(H2,24,25,26). The second-order valence-corrected chi connectivity index (χ2v) is 7.43. The topological polar surface area (TPSA) is 63.2 Å². The molecule has 1 aliphatic carbocycles. The maximum absolute atomic E-state index is 12.8. The summed E-state index contributed by atoms with van der Waals surface area (Å²) in [5, 5.41) is 8.15. The van der Waals surface area contributed by atoms with E-state index in [9.17, 15) is 4.79 Å². The number of nitrogens with one attached hydrogen (secondary N) is 2. The maximum atomic E-state index is 12.8. The molecule has 0 radical (unpaired) electrons. The smallest absolute Gasteiger partial charge is 0.319 e. The Morgan fingerprint density at radius 1 is 1.11 bits per heavy atom. The van der Waals surface area contributed by atoms with Crippen LogP contribution in [0.25, 0.3) is 10.8 Å². The lowest BCUT2D eigenvalue weighted by Gasteiger charge is -2.48. The number of pyridine rings is 1. The van der Waals surface area contributed by atoms with Crippen LogP contribution in [0.4, 0.5) is 10.5 Å². The molecule has 3 aromatic rings. The van der Waals surface area contributed by atoms with Crippen molar-refractivity contribution in [2.45, 2.75) is 37.3 Å². The number of anilines is 1. The van der Waals surface area contributed by atoms with E-state index < -0.39 is 0 Å². The van der Waals surface area contributed by atoms with E-state index in [-0.39, 0.29) is 17.7 Å². The molecule has 0 saturated heterocycles. The first kappa shape index (κ1) is 16.1. The molecule has 2 aromatic carbocycles. The van der Waals surface area contributed by atoms with Gasteiger partial charge >= 0.3 is 6.03 Å². The van der Waals surface area contributed by atoms with Gasteiger partial charge in [0.1, 0.15) is 11.4 Å². The monoisotopic (exact) mass is 359 g/mol. The number of para-hydroxylation sites is 1. The second kappa shape index (κ2) is 6.27. The van der Waals surface area contributed by atoms with Gasteiger partial charge in [-0.1, -0.05) is 30.3 Å². The van der Waals surface area contributed by atoms with E-state index in [1.165, 1.54) is 6.42 Å². The molecule has 1 unspecified atom stereocenters. The highest BCUT2D eigenvalue weighted by Gasteiger charge is 2.45. The summed E-state index contributed by atoms with van der Waals surface area (Å²) < 4.78 is 6.26. The van der Waals surface area contributed by atoms with Gasteiger partial charge in [-0.05, 0) is 37.5 Å². The van der Waals surface area contributed by atoms with Gasteiger partial charge in [0.15, 0.2) is 0 Å². The van der Waals surface area contributed by atoms with Crippen LogP contribution in [0.2, 0.25) is 0 Å². The normalized spacial score (nSPS) is 19.6. The zero-order valence-corrected chi connectivity index (χ0v) is 14.9. The van der Waals surface area contributed by atoms with E-state index in [0.29, 0.717) is 0 Å². The molecule has 1 aliphatic heterocycles. The molecule has 5 nitrogen and oxygen atoms in total. The Balaban J connectivity index is 1.39. The first-order chi connectivity index (χ1) is 13.2. The van der Waals surface area contributed by atoms with Crippen molar-refractivity contribution in [1.82, 2.24) is 10.3 Å². The van der Waals surface area contributed by atoms with Crippen molar-refractivity contribution in [3.63, 3.8) is 0 Å². The molecule has 1 aromatic heterocycles. The molecule has 1 spiro atoms. The van der Waals surface area contributed by atoms with Crippen LogP contribution in [0, 0.1) is 0 Å². The van der Waals surface area contributed by atoms with Crippen LogP contribution >= 0.6 is 0 Å². The highest BCUT2D eigenvalue weighted by atomic mass is 16.5. The number of aromatic nitrogens is 1. The molecule has 27 heavy (non-hydrogen) atoms. The molecule has 2 heterocycles. The van der Waals surface area contributed by atoms with Crippen molar-refractivity contribution in [2.75, 3.05) is 5.32 Å². The lowest BCUT2D eigenvalue weighted by atomic mass is 9.73. The van der Waals surface area contributed by atoms with Gasteiger partial charge in [0.25, 0.3) is 0 Å². The van der Waals surface area contributed by atoms with Gasteiger partial charge in [0, 0.05) is 35.2 Å². The van der Waals surface area contributed by atoms with Gasteiger partial charge in [0.05, 0.1) is 11.7 Å². The Morgan fingerprint density at radius 2 is 2.00 bits per heavy atom. The molecule has 2 N–H and O–H groups in total. The molecule has 1 saturated carbocycles. The van der Waals surface area contributed by atoms with Crippen LogP contribution in [0.1, 0.15) is 37.3 Å². The third kappa shape index (κ3) is 2.89. The third-order valence-electron chi connectivity index (χ3n) is 5.70. The maximum Gasteiger partial charge on any atom is 0.319 e. The summed E-state index contributed by atoms with van der Waals surface area (Å²) in [5.41, 5.74) is 1.72. The number of ether oxygens (including phenoxy) is 1. The van der Waals surface area contributed by atoms with Crippen LogP contribution in [0.3, 0.4) is 0 Å².